The van der Waals surface area contributed by atoms with Crippen LogP contribution in [0.2, 0.25) is 5.15 Å². The van der Waals surface area contributed by atoms with Crippen LogP contribution in [0.1, 0.15) is 11.1 Å². The molecule has 0 aliphatic rings. The molecule has 0 aliphatic heterocycles. The van der Waals surface area contributed by atoms with Gasteiger partial charge in [0.15, 0.2) is 11.5 Å². The number of methoxy groups -OCH3 is 3. The normalized spacial score (nSPS) is 10.9. The van der Waals surface area contributed by atoms with E-state index in [9.17, 15) is 4.79 Å². The van der Waals surface area contributed by atoms with Gasteiger partial charge < -0.3 is 18.9 Å². The van der Waals surface area contributed by atoms with Gasteiger partial charge in [0.1, 0.15) is 17.5 Å². The number of aromatic nitrogens is 1. The molecule has 1 heterocycles. The minimum absolute atomic E-state index is 0.0168. The minimum atomic E-state index is -0.522. The van der Waals surface area contributed by atoms with Crippen molar-refractivity contribution < 1.29 is 23.7 Å². The lowest BCUT2D eigenvalue weighted by atomic mass is 10.1. The van der Waals surface area contributed by atoms with Crippen molar-refractivity contribution in [3.63, 3.8) is 0 Å². The number of hydrogen-bond acceptors (Lipinski definition) is 6. The molecule has 0 saturated heterocycles. The van der Waals surface area contributed by atoms with E-state index in [1.165, 1.54) is 27.4 Å². The zero-order valence-corrected chi connectivity index (χ0v) is 17.0. The van der Waals surface area contributed by atoms with Crippen molar-refractivity contribution in [2.75, 3.05) is 21.3 Å². The van der Waals surface area contributed by atoms with Crippen molar-refractivity contribution in [2.45, 2.75) is 6.61 Å². The number of carbonyl (C=O) groups excluding carboxylic acids is 1. The highest BCUT2D eigenvalue weighted by Gasteiger charge is 2.11. The summed E-state index contributed by atoms with van der Waals surface area (Å²) in [7, 11) is 4.61. The van der Waals surface area contributed by atoms with Crippen LogP contribution in [-0.4, -0.2) is 32.3 Å². The molecule has 0 fully saturated rings. The molecular weight excluding hydrogens is 394 g/mol. The first-order valence-electron chi connectivity index (χ1n) is 8.74. The van der Waals surface area contributed by atoms with Crippen LogP contribution in [0.15, 0.2) is 48.5 Å². The fourth-order valence-electron chi connectivity index (χ4n) is 2.78. The Morgan fingerprint density at radius 1 is 1.00 bits per heavy atom. The molecule has 0 atom stereocenters. The zero-order valence-electron chi connectivity index (χ0n) is 16.3. The van der Waals surface area contributed by atoms with Crippen LogP contribution >= 0.6 is 11.6 Å². The number of hydrogen-bond donors (Lipinski definition) is 0. The third kappa shape index (κ3) is 4.78. The first-order chi connectivity index (χ1) is 14.0. The second-order valence-corrected chi connectivity index (χ2v) is 6.38. The van der Waals surface area contributed by atoms with Crippen LogP contribution in [0.25, 0.3) is 17.0 Å². The van der Waals surface area contributed by atoms with Crippen LogP contribution in [0.4, 0.5) is 0 Å². The largest absolute Gasteiger partial charge is 0.496 e. The summed E-state index contributed by atoms with van der Waals surface area (Å²) in [4.78, 5) is 16.5. The molecule has 1 aromatic heterocycles. The van der Waals surface area contributed by atoms with Crippen molar-refractivity contribution in [1.29, 1.82) is 0 Å². The number of rotatable bonds is 7. The van der Waals surface area contributed by atoms with Crippen LogP contribution in [-0.2, 0) is 16.1 Å². The summed E-state index contributed by atoms with van der Waals surface area (Å²) < 4.78 is 21.2. The highest BCUT2D eigenvalue weighted by Crippen LogP contribution is 2.35. The van der Waals surface area contributed by atoms with E-state index in [1.54, 1.807) is 18.2 Å². The number of carbonyl (C=O) groups is 1. The molecule has 0 saturated carbocycles. The van der Waals surface area contributed by atoms with E-state index in [4.69, 9.17) is 30.5 Å². The van der Waals surface area contributed by atoms with Gasteiger partial charge in [0.25, 0.3) is 0 Å². The van der Waals surface area contributed by atoms with E-state index in [0.29, 0.717) is 33.5 Å². The third-order valence-electron chi connectivity index (χ3n) is 4.25. The first-order valence-corrected chi connectivity index (χ1v) is 9.12. The van der Waals surface area contributed by atoms with Crippen molar-refractivity contribution in [1.82, 2.24) is 4.98 Å². The maximum Gasteiger partial charge on any atom is 0.331 e. The molecule has 0 N–H and O–H groups in total. The Labute approximate surface area is 173 Å². The van der Waals surface area contributed by atoms with Gasteiger partial charge in [-0.2, -0.15) is 0 Å². The topological polar surface area (TPSA) is 66.9 Å². The summed E-state index contributed by atoms with van der Waals surface area (Å²) in [5, 5.41) is 1.23. The summed E-state index contributed by atoms with van der Waals surface area (Å²) in [5.74, 6) is 1.07. The molecule has 3 aromatic rings. The molecule has 150 valence electrons. The molecule has 29 heavy (non-hydrogen) atoms. The maximum absolute atomic E-state index is 12.2. The van der Waals surface area contributed by atoms with Gasteiger partial charge in [0, 0.05) is 28.7 Å². The number of para-hydroxylation sites is 1. The first kappa shape index (κ1) is 20.5. The van der Waals surface area contributed by atoms with E-state index in [-0.39, 0.29) is 6.61 Å². The van der Waals surface area contributed by atoms with Crippen LogP contribution in [0.5, 0.6) is 17.2 Å². The summed E-state index contributed by atoms with van der Waals surface area (Å²) in [6.07, 6.45) is 2.90. The molecule has 0 aliphatic carbocycles. The SMILES string of the molecule is COc1cc(OC)c(OC)cc1/C=C/C(=O)OCc1cc2ccccc2nc1Cl. The van der Waals surface area contributed by atoms with Crippen LogP contribution in [0, 0.1) is 0 Å². The van der Waals surface area contributed by atoms with Gasteiger partial charge in [-0.1, -0.05) is 29.8 Å². The van der Waals surface area contributed by atoms with Crippen molar-refractivity contribution in [3.05, 3.63) is 64.8 Å². The Balaban J connectivity index is 1.73. The standard InChI is InChI=1S/C22H20ClNO5/c1-26-18-12-20(28-3)19(27-2)11-15(18)8-9-21(25)29-13-16-10-14-6-4-5-7-17(14)24-22(16)23/h4-12H,13H2,1-3H3/b9-8+. The summed E-state index contributed by atoms with van der Waals surface area (Å²) in [5.41, 5.74) is 2.07. The molecule has 7 heteroatoms. The number of benzene rings is 2. The van der Waals surface area contributed by atoms with Crippen LogP contribution < -0.4 is 14.2 Å². The lowest BCUT2D eigenvalue weighted by Crippen LogP contribution is -2.02. The Morgan fingerprint density at radius 2 is 1.69 bits per heavy atom. The average molecular weight is 414 g/mol. The molecule has 2 aromatic carbocycles. The van der Waals surface area contributed by atoms with E-state index in [0.717, 1.165) is 10.9 Å². The molecule has 0 amide bonds. The number of pyridine rings is 1. The second kappa shape index (κ2) is 9.30. The molecule has 0 unspecified atom stereocenters. The molecule has 0 radical (unpaired) electrons. The number of halogens is 1. The number of ether oxygens (including phenoxy) is 4. The number of fused-ring (bicyclic) bond motifs is 1. The number of nitrogens with zero attached hydrogens (tertiary/aromatic N) is 1. The van der Waals surface area contributed by atoms with Crippen LogP contribution in [0.3, 0.4) is 0 Å². The average Bonchev–Trinajstić information content (AvgIpc) is 2.75. The fraction of sp³-hybridized carbons (Fsp3) is 0.182. The Hall–Kier alpha value is -3.25. The highest BCUT2D eigenvalue weighted by molar-refractivity contribution is 6.30. The van der Waals surface area contributed by atoms with Gasteiger partial charge >= 0.3 is 5.97 Å². The van der Waals surface area contributed by atoms with E-state index in [1.807, 2.05) is 30.3 Å². The van der Waals surface area contributed by atoms with Gasteiger partial charge in [-0.05, 0) is 24.3 Å². The van der Waals surface area contributed by atoms with Gasteiger partial charge in [0.05, 0.1) is 26.8 Å². The molecule has 0 spiro atoms. The quantitative estimate of drug-likeness (QED) is 0.318. The minimum Gasteiger partial charge on any atom is -0.496 e. The van der Waals surface area contributed by atoms with Crippen molar-refractivity contribution in [3.8, 4) is 17.2 Å². The van der Waals surface area contributed by atoms with Gasteiger partial charge in [-0.3, -0.25) is 0 Å². The summed E-state index contributed by atoms with van der Waals surface area (Å²) >= 11 is 6.20. The van der Waals surface area contributed by atoms with E-state index in [2.05, 4.69) is 4.98 Å². The van der Waals surface area contributed by atoms with Gasteiger partial charge in [-0.15, -0.1) is 0 Å². The predicted molar refractivity (Wildman–Crippen MR) is 112 cm³/mol. The van der Waals surface area contributed by atoms with Gasteiger partial charge in [-0.25, -0.2) is 9.78 Å². The fourth-order valence-corrected chi connectivity index (χ4v) is 2.98. The summed E-state index contributed by atoms with van der Waals surface area (Å²) in [6.45, 7) is 0.0168. The predicted octanol–water partition coefficient (Wildman–Crippen LogP) is 4.67. The zero-order chi connectivity index (χ0) is 20.8. The van der Waals surface area contributed by atoms with Crippen molar-refractivity contribution >= 4 is 34.5 Å². The number of esters is 1. The van der Waals surface area contributed by atoms with Crippen molar-refractivity contribution in [2.24, 2.45) is 0 Å². The lowest BCUT2D eigenvalue weighted by Gasteiger charge is -2.12. The Kier molecular flexibility index (Phi) is 6.57. The van der Waals surface area contributed by atoms with Gasteiger partial charge in [0.2, 0.25) is 0 Å². The molecule has 0 bridgehead atoms. The third-order valence-corrected chi connectivity index (χ3v) is 4.58. The molecular formula is C22H20ClNO5. The smallest absolute Gasteiger partial charge is 0.331 e. The highest BCUT2D eigenvalue weighted by atomic mass is 35.5. The second-order valence-electron chi connectivity index (χ2n) is 6.02. The van der Waals surface area contributed by atoms with E-state index < -0.39 is 5.97 Å². The van der Waals surface area contributed by atoms with E-state index >= 15 is 0 Å². The maximum atomic E-state index is 12.2. The monoisotopic (exact) mass is 413 g/mol. The summed E-state index contributed by atoms with van der Waals surface area (Å²) in [6, 6.07) is 12.9. The molecule has 3 rings (SSSR count). The molecule has 6 nitrogen and oxygen atoms in total. The Bertz CT molecular complexity index is 1060. The Morgan fingerprint density at radius 3 is 2.41 bits per heavy atom. The lowest BCUT2D eigenvalue weighted by molar-refractivity contribution is -0.138.